The van der Waals surface area contributed by atoms with Gasteiger partial charge in [-0.3, -0.25) is 4.79 Å². The molecule has 1 aromatic rings. The maximum Gasteiger partial charge on any atom is 0.287 e. The molecule has 2 rings (SSSR count). The predicted molar refractivity (Wildman–Crippen MR) is 75.2 cm³/mol. The first-order valence-electron chi connectivity index (χ1n) is 6.46. The highest BCUT2D eigenvalue weighted by molar-refractivity contribution is 7.89. The number of hydrogen-bond acceptors (Lipinski definition) is 4. The fraction of sp³-hybridized carbons (Fsp3) is 0.583. The quantitative estimate of drug-likeness (QED) is 0.911. The fourth-order valence-corrected chi connectivity index (χ4v) is 3.43. The molecule has 0 aromatic carbocycles. The Morgan fingerprint density at radius 3 is 2.60 bits per heavy atom. The van der Waals surface area contributed by atoms with E-state index in [4.69, 9.17) is 16.0 Å². The van der Waals surface area contributed by atoms with Crippen molar-refractivity contribution in [3.8, 4) is 0 Å². The normalized spacial score (nSPS) is 18.1. The van der Waals surface area contributed by atoms with Gasteiger partial charge in [0.1, 0.15) is 0 Å². The average Bonchev–Trinajstić information content (AvgIpc) is 2.86. The first-order chi connectivity index (χ1) is 9.42. The molecule has 0 bridgehead atoms. The lowest BCUT2D eigenvalue weighted by molar-refractivity contribution is 0.0896. The van der Waals surface area contributed by atoms with Crippen LogP contribution >= 0.6 is 11.6 Å². The van der Waals surface area contributed by atoms with E-state index in [0.29, 0.717) is 25.9 Å². The summed E-state index contributed by atoms with van der Waals surface area (Å²) in [5, 5.41) is 2.99. The zero-order valence-electron chi connectivity index (χ0n) is 11.1. The number of rotatable bonds is 4. The number of carbonyl (C=O) groups is 1. The highest BCUT2D eigenvalue weighted by atomic mass is 35.5. The van der Waals surface area contributed by atoms with Crippen LogP contribution in [0, 0.1) is 0 Å². The van der Waals surface area contributed by atoms with Crippen LogP contribution in [0.4, 0.5) is 0 Å². The molecule has 1 N–H and O–H groups in total. The summed E-state index contributed by atoms with van der Waals surface area (Å²) in [4.78, 5) is 11.9. The van der Waals surface area contributed by atoms with Gasteiger partial charge in [0.2, 0.25) is 10.0 Å². The number of halogens is 1. The monoisotopic (exact) mass is 320 g/mol. The van der Waals surface area contributed by atoms with Crippen molar-refractivity contribution in [3.05, 3.63) is 23.1 Å². The molecule has 0 atom stereocenters. The summed E-state index contributed by atoms with van der Waals surface area (Å²) < 4.78 is 29.9. The van der Waals surface area contributed by atoms with E-state index in [1.54, 1.807) is 6.92 Å². The SMILES string of the molecule is CCS(=O)(=O)N1CCC(NC(=O)c2ccc(Cl)o2)CC1. The Kier molecular flexibility index (Phi) is 4.72. The van der Waals surface area contributed by atoms with Gasteiger partial charge in [0.25, 0.3) is 5.91 Å². The Morgan fingerprint density at radius 1 is 1.45 bits per heavy atom. The van der Waals surface area contributed by atoms with Crippen LogP contribution < -0.4 is 5.32 Å². The minimum Gasteiger partial charge on any atom is -0.440 e. The molecule has 1 amide bonds. The molecule has 0 saturated carbocycles. The van der Waals surface area contributed by atoms with E-state index >= 15 is 0 Å². The van der Waals surface area contributed by atoms with E-state index in [0.717, 1.165) is 0 Å². The van der Waals surface area contributed by atoms with Crippen molar-refractivity contribution in [1.82, 2.24) is 9.62 Å². The summed E-state index contributed by atoms with van der Waals surface area (Å²) in [5.41, 5.74) is 0. The molecule has 8 heteroatoms. The highest BCUT2D eigenvalue weighted by Crippen LogP contribution is 2.16. The van der Waals surface area contributed by atoms with Gasteiger partial charge in [-0.05, 0) is 43.5 Å². The van der Waals surface area contributed by atoms with E-state index < -0.39 is 10.0 Å². The second-order valence-corrected chi connectivity index (χ2v) is 7.28. The number of furan rings is 1. The molecule has 20 heavy (non-hydrogen) atoms. The van der Waals surface area contributed by atoms with E-state index in [2.05, 4.69) is 5.32 Å². The third kappa shape index (κ3) is 3.53. The predicted octanol–water partition coefficient (Wildman–Crippen LogP) is 1.48. The minimum absolute atomic E-state index is 0.0466. The van der Waals surface area contributed by atoms with Crippen LogP contribution in [-0.2, 0) is 10.0 Å². The Hall–Kier alpha value is -1.05. The number of hydrogen-bond donors (Lipinski definition) is 1. The summed E-state index contributed by atoms with van der Waals surface area (Å²) >= 11 is 5.61. The van der Waals surface area contributed by atoms with Gasteiger partial charge in [-0.1, -0.05) is 0 Å². The zero-order chi connectivity index (χ0) is 14.8. The Labute approximate surface area is 123 Å². The lowest BCUT2D eigenvalue weighted by Gasteiger charge is -2.31. The van der Waals surface area contributed by atoms with Gasteiger partial charge in [0.15, 0.2) is 11.0 Å². The number of nitrogens with one attached hydrogen (secondary N) is 1. The van der Waals surface area contributed by atoms with Gasteiger partial charge in [-0.15, -0.1) is 0 Å². The number of nitrogens with zero attached hydrogens (tertiary/aromatic N) is 1. The van der Waals surface area contributed by atoms with Crippen LogP contribution in [0.25, 0.3) is 0 Å². The molecule has 1 fully saturated rings. The summed E-state index contributed by atoms with van der Waals surface area (Å²) in [6, 6.07) is 2.97. The van der Waals surface area contributed by atoms with Crippen molar-refractivity contribution >= 4 is 27.5 Å². The van der Waals surface area contributed by atoms with Crippen LogP contribution in [0.5, 0.6) is 0 Å². The summed E-state index contributed by atoms with van der Waals surface area (Å²) in [6.45, 7) is 2.49. The summed E-state index contributed by atoms with van der Waals surface area (Å²) in [5.74, 6) is -0.0538. The first kappa shape index (κ1) is 15.3. The van der Waals surface area contributed by atoms with Gasteiger partial charge in [0.05, 0.1) is 5.75 Å². The largest absolute Gasteiger partial charge is 0.440 e. The van der Waals surface area contributed by atoms with Gasteiger partial charge in [0, 0.05) is 19.1 Å². The lowest BCUT2D eigenvalue weighted by Crippen LogP contribution is -2.46. The van der Waals surface area contributed by atoms with Crippen molar-refractivity contribution in [2.45, 2.75) is 25.8 Å². The Bertz CT molecular complexity index is 576. The number of piperidine rings is 1. The topological polar surface area (TPSA) is 79.6 Å². The van der Waals surface area contributed by atoms with E-state index in [1.807, 2.05) is 0 Å². The van der Waals surface area contributed by atoms with Crippen molar-refractivity contribution in [3.63, 3.8) is 0 Å². The van der Waals surface area contributed by atoms with Crippen molar-refractivity contribution in [1.29, 1.82) is 0 Å². The summed E-state index contributed by atoms with van der Waals surface area (Å²) in [6.07, 6.45) is 1.19. The van der Waals surface area contributed by atoms with Gasteiger partial charge < -0.3 is 9.73 Å². The minimum atomic E-state index is -3.14. The smallest absolute Gasteiger partial charge is 0.287 e. The molecule has 112 valence electrons. The van der Waals surface area contributed by atoms with Gasteiger partial charge in [-0.2, -0.15) is 0 Å². The van der Waals surface area contributed by atoms with Crippen LogP contribution in [0.3, 0.4) is 0 Å². The molecule has 1 saturated heterocycles. The van der Waals surface area contributed by atoms with Crippen LogP contribution in [-0.4, -0.2) is 43.5 Å². The molecular formula is C12H17ClN2O4S. The Balaban J connectivity index is 1.87. The van der Waals surface area contributed by atoms with E-state index in [1.165, 1.54) is 16.4 Å². The molecule has 0 aliphatic carbocycles. The number of amides is 1. The molecule has 0 unspecified atom stereocenters. The molecule has 1 aromatic heterocycles. The average molecular weight is 321 g/mol. The van der Waals surface area contributed by atoms with Crippen LogP contribution in [0.15, 0.2) is 16.5 Å². The second-order valence-electron chi connectivity index (χ2n) is 4.65. The highest BCUT2D eigenvalue weighted by Gasteiger charge is 2.27. The van der Waals surface area contributed by atoms with Crippen LogP contribution in [0.1, 0.15) is 30.3 Å². The molecule has 2 heterocycles. The molecule has 0 spiro atoms. The van der Waals surface area contributed by atoms with Crippen molar-refractivity contribution < 1.29 is 17.6 Å². The maximum atomic E-state index is 11.9. The molecule has 1 aliphatic heterocycles. The third-order valence-corrected chi connectivity index (χ3v) is 5.43. The van der Waals surface area contributed by atoms with Crippen molar-refractivity contribution in [2.24, 2.45) is 0 Å². The third-order valence-electron chi connectivity index (χ3n) is 3.34. The van der Waals surface area contributed by atoms with E-state index in [9.17, 15) is 13.2 Å². The van der Waals surface area contributed by atoms with Gasteiger partial charge in [-0.25, -0.2) is 12.7 Å². The van der Waals surface area contributed by atoms with Gasteiger partial charge >= 0.3 is 0 Å². The lowest BCUT2D eigenvalue weighted by atomic mass is 10.1. The number of carbonyl (C=O) groups excluding carboxylic acids is 1. The zero-order valence-corrected chi connectivity index (χ0v) is 12.7. The number of sulfonamides is 1. The van der Waals surface area contributed by atoms with E-state index in [-0.39, 0.29) is 28.7 Å². The molecule has 6 nitrogen and oxygen atoms in total. The fourth-order valence-electron chi connectivity index (χ4n) is 2.15. The Morgan fingerprint density at radius 2 is 2.10 bits per heavy atom. The second kappa shape index (κ2) is 6.15. The maximum absolute atomic E-state index is 11.9. The molecular weight excluding hydrogens is 304 g/mol. The molecule has 0 radical (unpaired) electrons. The van der Waals surface area contributed by atoms with Crippen LogP contribution in [0.2, 0.25) is 5.22 Å². The summed E-state index contributed by atoms with van der Waals surface area (Å²) in [7, 11) is -3.14. The first-order valence-corrected chi connectivity index (χ1v) is 8.45. The standard InChI is InChI=1S/C12H17ClN2O4S/c1-2-20(17,18)15-7-5-9(6-8-15)14-12(16)10-3-4-11(13)19-10/h3-4,9H,2,5-8H2,1H3,(H,14,16). The van der Waals surface area contributed by atoms with Crippen molar-refractivity contribution in [2.75, 3.05) is 18.8 Å². The molecule has 1 aliphatic rings.